The van der Waals surface area contributed by atoms with Gasteiger partial charge in [0.2, 0.25) is 0 Å². The van der Waals surface area contributed by atoms with E-state index in [1.807, 2.05) is 0 Å². The van der Waals surface area contributed by atoms with Crippen LogP contribution in [0.15, 0.2) is 0 Å². The molecule has 0 atom stereocenters. The highest BCUT2D eigenvalue weighted by atomic mass is 15.3. The fraction of sp³-hybridized carbons (Fsp3) is 1.00. The number of hydrogen-bond acceptors (Lipinski definition) is 0. The van der Waals surface area contributed by atoms with E-state index < -0.39 is 0 Å². The van der Waals surface area contributed by atoms with Crippen LogP contribution in [0.4, 0.5) is 0 Å². The summed E-state index contributed by atoms with van der Waals surface area (Å²) in [6.45, 7) is 13.2. The number of rotatable bonds is 7. The lowest BCUT2D eigenvalue weighted by Gasteiger charge is -2.29. The summed E-state index contributed by atoms with van der Waals surface area (Å²) < 4.78 is 1.10. The molecule has 0 bridgehead atoms. The molecule has 0 radical (unpaired) electrons. The minimum Gasteiger partial charge on any atom is -0.331 e. The van der Waals surface area contributed by atoms with Gasteiger partial charge in [-0.3, -0.25) is 0 Å². The molecular weight excluding hydrogens is 206 g/mol. The fourth-order valence-corrected chi connectivity index (χ4v) is 2.25. The smallest absolute Gasteiger partial charge is 0.0780 e. The first-order valence-corrected chi connectivity index (χ1v) is 7.22. The standard InChI is InChI=1S/C16H36N/c1-15(2,3)11-9-12-16(4,5)13-10-14-17(6,7)8/h9-14H2,1-8H3/q+1. The Balaban J connectivity index is 3.81. The van der Waals surface area contributed by atoms with Crippen LogP contribution in [0.2, 0.25) is 0 Å². The van der Waals surface area contributed by atoms with Crippen molar-refractivity contribution in [3.63, 3.8) is 0 Å². The van der Waals surface area contributed by atoms with Crippen molar-refractivity contribution in [2.75, 3.05) is 27.7 Å². The Kier molecular flexibility index (Phi) is 6.21. The maximum atomic E-state index is 2.44. The summed E-state index contributed by atoms with van der Waals surface area (Å²) in [5.74, 6) is 0. The first-order valence-electron chi connectivity index (χ1n) is 7.22. The van der Waals surface area contributed by atoms with Gasteiger partial charge >= 0.3 is 0 Å². The molecule has 0 aromatic carbocycles. The molecule has 1 nitrogen and oxygen atoms in total. The minimum atomic E-state index is 0.498. The molecule has 0 rings (SSSR count). The molecular formula is C16H36N+. The average molecular weight is 242 g/mol. The molecule has 0 amide bonds. The number of nitrogens with zero attached hydrogens (tertiary/aromatic N) is 1. The molecule has 104 valence electrons. The molecule has 0 aliphatic heterocycles. The summed E-state index contributed by atoms with van der Waals surface area (Å²) in [6, 6.07) is 0. The van der Waals surface area contributed by atoms with Gasteiger partial charge in [-0.15, -0.1) is 0 Å². The van der Waals surface area contributed by atoms with Gasteiger partial charge in [0.15, 0.2) is 0 Å². The molecule has 17 heavy (non-hydrogen) atoms. The van der Waals surface area contributed by atoms with Crippen LogP contribution < -0.4 is 0 Å². The van der Waals surface area contributed by atoms with E-state index in [1.54, 1.807) is 0 Å². The van der Waals surface area contributed by atoms with Gasteiger partial charge in [-0.05, 0) is 36.5 Å². The molecule has 0 heterocycles. The zero-order chi connectivity index (χ0) is 13.7. The molecule has 0 spiro atoms. The van der Waals surface area contributed by atoms with E-state index in [0.717, 1.165) is 4.48 Å². The van der Waals surface area contributed by atoms with Crippen molar-refractivity contribution in [3.05, 3.63) is 0 Å². The van der Waals surface area contributed by atoms with Gasteiger partial charge in [0, 0.05) is 0 Å². The second kappa shape index (κ2) is 6.22. The Hall–Kier alpha value is -0.0400. The molecule has 0 N–H and O–H groups in total. The summed E-state index contributed by atoms with van der Waals surface area (Å²) in [7, 11) is 6.85. The van der Waals surface area contributed by atoms with Crippen LogP contribution in [0.25, 0.3) is 0 Å². The monoisotopic (exact) mass is 242 g/mol. The SMILES string of the molecule is CC(C)(C)CCCC(C)(C)CCC[N+](C)(C)C. The van der Waals surface area contributed by atoms with Crippen molar-refractivity contribution in [3.8, 4) is 0 Å². The third kappa shape index (κ3) is 12.2. The van der Waals surface area contributed by atoms with Crippen molar-refractivity contribution in [1.82, 2.24) is 0 Å². The third-order valence-corrected chi connectivity index (χ3v) is 3.46. The van der Waals surface area contributed by atoms with E-state index in [9.17, 15) is 0 Å². The number of hydrogen-bond donors (Lipinski definition) is 0. The quantitative estimate of drug-likeness (QED) is 0.567. The fourth-order valence-electron chi connectivity index (χ4n) is 2.25. The summed E-state index contributed by atoms with van der Waals surface area (Å²) >= 11 is 0. The Bertz CT molecular complexity index is 181. The van der Waals surface area contributed by atoms with Crippen LogP contribution in [-0.4, -0.2) is 32.2 Å². The highest BCUT2D eigenvalue weighted by molar-refractivity contribution is 4.71. The lowest BCUT2D eigenvalue weighted by atomic mass is 9.80. The van der Waals surface area contributed by atoms with Crippen LogP contribution in [0.3, 0.4) is 0 Å². The molecule has 0 aromatic rings. The molecule has 1 heteroatoms. The summed E-state index contributed by atoms with van der Waals surface area (Å²) in [5.41, 5.74) is 1.03. The van der Waals surface area contributed by atoms with E-state index in [4.69, 9.17) is 0 Å². The minimum absolute atomic E-state index is 0.498. The molecule has 0 aliphatic rings. The highest BCUT2D eigenvalue weighted by Crippen LogP contribution is 2.32. The largest absolute Gasteiger partial charge is 0.331 e. The van der Waals surface area contributed by atoms with E-state index in [0.29, 0.717) is 10.8 Å². The average Bonchev–Trinajstić information content (AvgIpc) is 1.96. The predicted molar refractivity (Wildman–Crippen MR) is 79.2 cm³/mol. The summed E-state index contributed by atoms with van der Waals surface area (Å²) in [4.78, 5) is 0. The van der Waals surface area contributed by atoms with Crippen molar-refractivity contribution >= 4 is 0 Å². The van der Waals surface area contributed by atoms with Gasteiger partial charge in [-0.1, -0.05) is 41.0 Å². The van der Waals surface area contributed by atoms with Crippen LogP contribution in [0.1, 0.15) is 66.7 Å². The third-order valence-electron chi connectivity index (χ3n) is 3.46. The molecule has 0 aliphatic carbocycles. The zero-order valence-electron chi connectivity index (χ0n) is 13.7. The Morgan fingerprint density at radius 1 is 0.706 bits per heavy atom. The zero-order valence-corrected chi connectivity index (χ0v) is 13.7. The number of quaternary nitrogens is 1. The molecule has 0 aromatic heterocycles. The van der Waals surface area contributed by atoms with Gasteiger partial charge in [0.1, 0.15) is 0 Å². The van der Waals surface area contributed by atoms with Crippen LogP contribution >= 0.6 is 0 Å². The normalized spacial score (nSPS) is 14.1. The van der Waals surface area contributed by atoms with Gasteiger partial charge < -0.3 is 4.48 Å². The van der Waals surface area contributed by atoms with Crippen LogP contribution in [-0.2, 0) is 0 Å². The van der Waals surface area contributed by atoms with Gasteiger partial charge in [-0.25, -0.2) is 0 Å². The van der Waals surface area contributed by atoms with Crippen molar-refractivity contribution in [1.29, 1.82) is 0 Å². The highest BCUT2D eigenvalue weighted by Gasteiger charge is 2.20. The van der Waals surface area contributed by atoms with E-state index in [-0.39, 0.29) is 0 Å². The lowest BCUT2D eigenvalue weighted by molar-refractivity contribution is -0.870. The second-order valence-electron chi connectivity index (χ2n) is 8.70. The van der Waals surface area contributed by atoms with Crippen molar-refractivity contribution in [2.45, 2.75) is 66.7 Å². The van der Waals surface area contributed by atoms with Crippen molar-refractivity contribution in [2.24, 2.45) is 10.8 Å². The molecule has 0 unspecified atom stereocenters. The van der Waals surface area contributed by atoms with E-state index in [1.165, 1.54) is 38.6 Å². The van der Waals surface area contributed by atoms with Crippen molar-refractivity contribution < 1.29 is 4.48 Å². The Morgan fingerprint density at radius 3 is 1.59 bits per heavy atom. The predicted octanol–water partition coefficient (Wildman–Crippen LogP) is 4.72. The van der Waals surface area contributed by atoms with Gasteiger partial charge in [0.05, 0.1) is 27.7 Å². The topological polar surface area (TPSA) is 0 Å². The molecule has 0 saturated heterocycles. The summed E-state index contributed by atoms with van der Waals surface area (Å²) in [6.07, 6.45) is 6.83. The van der Waals surface area contributed by atoms with Gasteiger partial charge in [0.25, 0.3) is 0 Å². The summed E-state index contributed by atoms with van der Waals surface area (Å²) in [5, 5.41) is 0. The second-order valence-corrected chi connectivity index (χ2v) is 8.70. The Morgan fingerprint density at radius 2 is 1.18 bits per heavy atom. The first-order chi connectivity index (χ1) is 7.41. The van der Waals surface area contributed by atoms with E-state index >= 15 is 0 Å². The molecule has 0 saturated carbocycles. The molecule has 0 fully saturated rings. The van der Waals surface area contributed by atoms with Gasteiger partial charge in [-0.2, -0.15) is 0 Å². The van der Waals surface area contributed by atoms with Crippen LogP contribution in [0.5, 0.6) is 0 Å². The first kappa shape index (κ1) is 17.0. The maximum absolute atomic E-state index is 2.44. The maximum Gasteiger partial charge on any atom is 0.0780 e. The Labute approximate surface area is 110 Å². The van der Waals surface area contributed by atoms with E-state index in [2.05, 4.69) is 55.8 Å². The van der Waals surface area contributed by atoms with Crippen LogP contribution in [0, 0.1) is 10.8 Å². The lowest BCUT2D eigenvalue weighted by Crippen LogP contribution is -2.35.